The molecule has 0 atom stereocenters. The number of carbonyl (C=O) groups is 1. The lowest BCUT2D eigenvalue weighted by molar-refractivity contribution is 0.0696. The van der Waals surface area contributed by atoms with Crippen LogP contribution in [-0.2, 0) is 0 Å². The summed E-state index contributed by atoms with van der Waals surface area (Å²) in [6.07, 6.45) is 1.19. The van der Waals surface area contributed by atoms with E-state index in [0.29, 0.717) is 11.3 Å². The fourth-order valence-corrected chi connectivity index (χ4v) is 1.51. The summed E-state index contributed by atoms with van der Waals surface area (Å²) in [5.74, 6) is -1.16. The molecule has 0 aliphatic carbocycles. The highest BCUT2D eigenvalue weighted by Gasteiger charge is 2.08. The number of nitrogens with zero attached hydrogens (tertiary/aromatic N) is 1. The van der Waals surface area contributed by atoms with Gasteiger partial charge in [0.1, 0.15) is 5.82 Å². The molecular formula is C13H12FN3O2. The molecule has 0 aliphatic heterocycles. The maximum absolute atomic E-state index is 13.4. The van der Waals surface area contributed by atoms with Gasteiger partial charge in [-0.05, 0) is 30.7 Å². The Morgan fingerprint density at radius 1 is 1.42 bits per heavy atom. The van der Waals surface area contributed by atoms with E-state index in [1.165, 1.54) is 18.3 Å². The molecule has 6 heteroatoms. The quantitative estimate of drug-likeness (QED) is 0.790. The van der Waals surface area contributed by atoms with Crippen LogP contribution in [0.4, 0.5) is 21.6 Å². The first kappa shape index (κ1) is 12.8. The van der Waals surface area contributed by atoms with E-state index < -0.39 is 5.97 Å². The number of rotatable bonds is 3. The Hall–Kier alpha value is -2.63. The Kier molecular flexibility index (Phi) is 3.33. The predicted molar refractivity (Wildman–Crippen MR) is 70.0 cm³/mol. The first-order chi connectivity index (χ1) is 8.97. The summed E-state index contributed by atoms with van der Waals surface area (Å²) in [5, 5.41) is 11.6. The minimum atomic E-state index is -1.10. The molecular weight excluding hydrogens is 249 g/mol. The molecule has 1 heterocycles. The van der Waals surface area contributed by atoms with Gasteiger partial charge >= 0.3 is 5.97 Å². The SMILES string of the molecule is Cc1ccc(Nc2ncc(C(=O)O)cc2N)cc1F. The number of nitrogens with two attached hydrogens (primary N) is 1. The largest absolute Gasteiger partial charge is 0.478 e. The van der Waals surface area contributed by atoms with Crippen molar-refractivity contribution < 1.29 is 14.3 Å². The standard InChI is InChI=1S/C13H12FN3O2/c1-7-2-3-9(5-10(7)14)17-12-11(15)4-8(6-16-12)13(18)19/h2-6H,15H2,1H3,(H,16,17)(H,18,19). The second-order valence-electron chi connectivity index (χ2n) is 4.06. The van der Waals surface area contributed by atoms with Gasteiger partial charge in [0.2, 0.25) is 0 Å². The number of pyridine rings is 1. The molecule has 0 bridgehead atoms. The number of nitrogen functional groups attached to an aromatic ring is 1. The van der Waals surface area contributed by atoms with Crippen molar-refractivity contribution in [3.05, 3.63) is 47.4 Å². The van der Waals surface area contributed by atoms with E-state index in [9.17, 15) is 9.18 Å². The van der Waals surface area contributed by atoms with Gasteiger partial charge in [-0.25, -0.2) is 14.2 Å². The molecule has 98 valence electrons. The topological polar surface area (TPSA) is 88.2 Å². The molecule has 2 rings (SSSR count). The number of aromatic carboxylic acids is 1. The van der Waals surface area contributed by atoms with Crippen LogP contribution in [0.25, 0.3) is 0 Å². The number of anilines is 3. The number of nitrogens with one attached hydrogen (secondary N) is 1. The lowest BCUT2D eigenvalue weighted by Crippen LogP contribution is -2.04. The fraction of sp³-hybridized carbons (Fsp3) is 0.0769. The molecule has 0 aliphatic rings. The summed E-state index contributed by atoms with van der Waals surface area (Å²) in [6.45, 7) is 1.66. The van der Waals surface area contributed by atoms with Gasteiger partial charge in [0, 0.05) is 11.9 Å². The van der Waals surface area contributed by atoms with Gasteiger partial charge in [0.05, 0.1) is 11.3 Å². The van der Waals surface area contributed by atoms with Crippen LogP contribution in [-0.4, -0.2) is 16.1 Å². The molecule has 4 N–H and O–H groups in total. The number of benzene rings is 1. The van der Waals surface area contributed by atoms with Gasteiger partial charge in [-0.3, -0.25) is 0 Å². The number of carboxylic acids is 1. The van der Waals surface area contributed by atoms with Crippen molar-refractivity contribution in [2.45, 2.75) is 6.92 Å². The van der Waals surface area contributed by atoms with Gasteiger partial charge in [0.15, 0.2) is 5.82 Å². The third-order valence-corrected chi connectivity index (χ3v) is 2.60. The van der Waals surface area contributed by atoms with E-state index >= 15 is 0 Å². The number of halogens is 1. The van der Waals surface area contributed by atoms with Crippen LogP contribution >= 0.6 is 0 Å². The number of hydrogen-bond acceptors (Lipinski definition) is 4. The zero-order valence-electron chi connectivity index (χ0n) is 10.1. The van der Waals surface area contributed by atoms with Gasteiger partial charge in [-0.2, -0.15) is 0 Å². The number of aromatic nitrogens is 1. The maximum atomic E-state index is 13.4. The monoisotopic (exact) mass is 261 g/mol. The average molecular weight is 261 g/mol. The van der Waals surface area contributed by atoms with Crippen LogP contribution in [0.3, 0.4) is 0 Å². The zero-order chi connectivity index (χ0) is 14.0. The Labute approximate surface area is 108 Å². The summed E-state index contributed by atoms with van der Waals surface area (Å²) in [6, 6.07) is 5.92. The Bertz CT molecular complexity index is 644. The van der Waals surface area contributed by atoms with Crippen molar-refractivity contribution in [2.75, 3.05) is 11.1 Å². The normalized spacial score (nSPS) is 10.2. The van der Waals surface area contributed by atoms with Crippen molar-refractivity contribution in [3.63, 3.8) is 0 Å². The molecule has 0 fully saturated rings. The Morgan fingerprint density at radius 3 is 2.74 bits per heavy atom. The lowest BCUT2D eigenvalue weighted by Gasteiger charge is -2.09. The summed E-state index contributed by atoms with van der Waals surface area (Å²) < 4.78 is 13.4. The van der Waals surface area contributed by atoms with E-state index in [4.69, 9.17) is 10.8 Å². The molecule has 19 heavy (non-hydrogen) atoms. The van der Waals surface area contributed by atoms with Crippen molar-refractivity contribution in [1.29, 1.82) is 0 Å². The minimum absolute atomic E-state index is 0.00173. The zero-order valence-corrected chi connectivity index (χ0v) is 10.1. The van der Waals surface area contributed by atoms with Crippen LogP contribution in [0, 0.1) is 12.7 Å². The third kappa shape index (κ3) is 2.79. The molecule has 0 spiro atoms. The van der Waals surface area contributed by atoms with Gasteiger partial charge in [0.25, 0.3) is 0 Å². The fourth-order valence-electron chi connectivity index (χ4n) is 1.51. The molecule has 1 aromatic heterocycles. The highest BCUT2D eigenvalue weighted by Crippen LogP contribution is 2.22. The summed E-state index contributed by atoms with van der Waals surface area (Å²) in [7, 11) is 0. The maximum Gasteiger partial charge on any atom is 0.337 e. The summed E-state index contributed by atoms with van der Waals surface area (Å²) in [4.78, 5) is 14.6. The number of aryl methyl sites for hydroxylation is 1. The van der Waals surface area contributed by atoms with E-state index in [0.717, 1.165) is 0 Å². The first-order valence-electron chi connectivity index (χ1n) is 5.49. The van der Waals surface area contributed by atoms with Crippen molar-refractivity contribution in [2.24, 2.45) is 0 Å². The van der Waals surface area contributed by atoms with Gasteiger partial charge in [-0.1, -0.05) is 6.07 Å². The smallest absolute Gasteiger partial charge is 0.337 e. The minimum Gasteiger partial charge on any atom is -0.478 e. The predicted octanol–water partition coefficient (Wildman–Crippen LogP) is 2.55. The third-order valence-electron chi connectivity index (χ3n) is 2.60. The van der Waals surface area contributed by atoms with Crippen LogP contribution < -0.4 is 11.1 Å². The molecule has 0 saturated heterocycles. The van der Waals surface area contributed by atoms with Crippen molar-refractivity contribution in [3.8, 4) is 0 Å². The molecule has 0 radical (unpaired) electrons. The highest BCUT2D eigenvalue weighted by molar-refractivity contribution is 5.89. The van der Waals surface area contributed by atoms with Gasteiger partial charge < -0.3 is 16.2 Å². The van der Waals surface area contributed by atoms with E-state index in [1.54, 1.807) is 19.1 Å². The summed E-state index contributed by atoms with van der Waals surface area (Å²) >= 11 is 0. The van der Waals surface area contributed by atoms with Crippen LogP contribution in [0.5, 0.6) is 0 Å². The number of carboxylic acid groups (broad SMARTS) is 1. The Morgan fingerprint density at radius 2 is 2.16 bits per heavy atom. The molecule has 0 amide bonds. The molecule has 5 nitrogen and oxygen atoms in total. The van der Waals surface area contributed by atoms with Crippen LogP contribution in [0.2, 0.25) is 0 Å². The van der Waals surface area contributed by atoms with Gasteiger partial charge in [-0.15, -0.1) is 0 Å². The van der Waals surface area contributed by atoms with E-state index in [-0.39, 0.29) is 22.9 Å². The first-order valence-corrected chi connectivity index (χ1v) is 5.49. The summed E-state index contributed by atoms with van der Waals surface area (Å²) in [5.41, 5.74) is 6.90. The van der Waals surface area contributed by atoms with Crippen molar-refractivity contribution >= 4 is 23.2 Å². The number of hydrogen-bond donors (Lipinski definition) is 3. The van der Waals surface area contributed by atoms with Crippen LogP contribution in [0.15, 0.2) is 30.5 Å². The average Bonchev–Trinajstić information content (AvgIpc) is 2.36. The highest BCUT2D eigenvalue weighted by atomic mass is 19.1. The van der Waals surface area contributed by atoms with E-state index in [2.05, 4.69) is 10.3 Å². The second-order valence-corrected chi connectivity index (χ2v) is 4.06. The molecule has 0 unspecified atom stereocenters. The lowest BCUT2D eigenvalue weighted by atomic mass is 10.2. The van der Waals surface area contributed by atoms with Crippen LogP contribution in [0.1, 0.15) is 15.9 Å². The van der Waals surface area contributed by atoms with E-state index in [1.807, 2.05) is 0 Å². The van der Waals surface area contributed by atoms with Crippen molar-refractivity contribution in [1.82, 2.24) is 4.98 Å². The second kappa shape index (κ2) is 4.93. The molecule has 2 aromatic rings. The molecule has 1 aromatic carbocycles. The molecule has 0 saturated carbocycles. The Balaban J connectivity index is 2.28.